The smallest absolute Gasteiger partial charge is 0.124 e. The Morgan fingerprint density at radius 2 is 1.95 bits per heavy atom. The first-order valence-corrected chi connectivity index (χ1v) is 8.65. The van der Waals surface area contributed by atoms with E-state index in [2.05, 4.69) is 34.6 Å². The summed E-state index contributed by atoms with van der Waals surface area (Å²) in [6.45, 7) is 10.3. The molecule has 2 aliphatic heterocycles. The summed E-state index contributed by atoms with van der Waals surface area (Å²) in [5.41, 5.74) is 1.30. The van der Waals surface area contributed by atoms with E-state index in [1.165, 1.54) is 57.4 Å². The molecular formula is C19H28N2O. The van der Waals surface area contributed by atoms with Gasteiger partial charge >= 0.3 is 0 Å². The molecule has 0 aromatic heterocycles. The third kappa shape index (κ3) is 3.90. The Balaban J connectivity index is 1.61. The van der Waals surface area contributed by atoms with Gasteiger partial charge in [0.2, 0.25) is 0 Å². The van der Waals surface area contributed by atoms with Crippen molar-refractivity contribution in [3.05, 3.63) is 42.5 Å². The van der Waals surface area contributed by atoms with Crippen molar-refractivity contribution in [2.75, 3.05) is 32.8 Å². The van der Waals surface area contributed by atoms with E-state index in [0.29, 0.717) is 6.61 Å². The quantitative estimate of drug-likeness (QED) is 0.750. The second kappa shape index (κ2) is 7.80. The number of likely N-dealkylation sites (tertiary alicyclic amines) is 2. The fraction of sp³-hybridized carbons (Fsp3) is 0.579. The van der Waals surface area contributed by atoms with Gasteiger partial charge in [-0.05, 0) is 51.4 Å². The van der Waals surface area contributed by atoms with Crippen molar-refractivity contribution >= 4 is 0 Å². The van der Waals surface area contributed by atoms with Crippen LogP contribution >= 0.6 is 0 Å². The van der Waals surface area contributed by atoms with Gasteiger partial charge in [0, 0.05) is 24.7 Å². The molecule has 22 heavy (non-hydrogen) atoms. The molecule has 0 N–H and O–H groups in total. The van der Waals surface area contributed by atoms with Crippen LogP contribution in [0, 0.1) is 0 Å². The molecule has 2 aliphatic rings. The van der Waals surface area contributed by atoms with Crippen LogP contribution in [0.15, 0.2) is 36.9 Å². The maximum Gasteiger partial charge on any atom is 0.124 e. The highest BCUT2D eigenvalue weighted by atomic mass is 16.5. The summed E-state index contributed by atoms with van der Waals surface area (Å²) in [7, 11) is 0. The highest BCUT2D eigenvalue weighted by Gasteiger charge is 2.27. The highest BCUT2D eigenvalue weighted by molar-refractivity contribution is 5.33. The molecule has 1 aromatic rings. The lowest BCUT2D eigenvalue weighted by Gasteiger charge is -2.37. The molecule has 0 spiro atoms. The van der Waals surface area contributed by atoms with Crippen LogP contribution in [0.25, 0.3) is 0 Å². The molecule has 2 saturated heterocycles. The topological polar surface area (TPSA) is 15.7 Å². The van der Waals surface area contributed by atoms with E-state index in [9.17, 15) is 0 Å². The summed E-state index contributed by atoms with van der Waals surface area (Å²) in [6, 6.07) is 9.18. The molecule has 0 saturated carbocycles. The average Bonchev–Trinajstić information content (AvgIpc) is 3.09. The van der Waals surface area contributed by atoms with Crippen LogP contribution in [-0.4, -0.2) is 48.6 Å². The molecule has 3 rings (SSSR count). The first-order valence-electron chi connectivity index (χ1n) is 8.65. The number of nitrogens with zero attached hydrogens (tertiary/aromatic N) is 2. The second-order valence-electron chi connectivity index (χ2n) is 6.48. The minimum atomic E-state index is 0.577. The Morgan fingerprint density at radius 3 is 2.77 bits per heavy atom. The maximum atomic E-state index is 5.80. The Hall–Kier alpha value is -1.32. The molecule has 0 radical (unpaired) electrons. The van der Waals surface area contributed by atoms with E-state index in [0.717, 1.165) is 18.3 Å². The zero-order chi connectivity index (χ0) is 15.2. The fourth-order valence-electron chi connectivity index (χ4n) is 3.74. The number of para-hydroxylation sites is 1. The van der Waals surface area contributed by atoms with Crippen molar-refractivity contribution in [2.24, 2.45) is 0 Å². The molecule has 2 fully saturated rings. The SMILES string of the molecule is C=CCOc1ccccc1CN1CCC[C@H](N2CCCC2)C1. The van der Waals surface area contributed by atoms with Crippen molar-refractivity contribution in [1.29, 1.82) is 0 Å². The summed E-state index contributed by atoms with van der Waals surface area (Å²) in [4.78, 5) is 5.30. The molecule has 120 valence electrons. The first-order chi connectivity index (χ1) is 10.9. The molecule has 1 aromatic carbocycles. The number of benzene rings is 1. The van der Waals surface area contributed by atoms with Crippen LogP contribution in [0.3, 0.4) is 0 Å². The molecule has 0 amide bonds. The first kappa shape index (κ1) is 15.6. The summed E-state index contributed by atoms with van der Waals surface area (Å²) in [6.07, 6.45) is 7.26. The van der Waals surface area contributed by atoms with Gasteiger partial charge in [-0.25, -0.2) is 0 Å². The van der Waals surface area contributed by atoms with Gasteiger partial charge in [0.05, 0.1) is 0 Å². The van der Waals surface area contributed by atoms with Crippen molar-refractivity contribution in [3.8, 4) is 5.75 Å². The molecule has 3 heteroatoms. The average molecular weight is 300 g/mol. The van der Waals surface area contributed by atoms with Gasteiger partial charge in [0.1, 0.15) is 12.4 Å². The van der Waals surface area contributed by atoms with Crippen molar-refractivity contribution in [1.82, 2.24) is 9.80 Å². The van der Waals surface area contributed by atoms with E-state index < -0.39 is 0 Å². The van der Waals surface area contributed by atoms with Crippen molar-refractivity contribution < 1.29 is 4.74 Å². The summed E-state index contributed by atoms with van der Waals surface area (Å²) < 4.78 is 5.80. The lowest BCUT2D eigenvalue weighted by atomic mass is 10.0. The second-order valence-corrected chi connectivity index (χ2v) is 6.48. The number of ether oxygens (including phenoxy) is 1. The number of hydrogen-bond acceptors (Lipinski definition) is 3. The fourth-order valence-corrected chi connectivity index (χ4v) is 3.74. The van der Waals surface area contributed by atoms with Crippen LogP contribution in [0.5, 0.6) is 5.75 Å². The predicted octanol–water partition coefficient (Wildman–Crippen LogP) is 3.31. The third-order valence-electron chi connectivity index (χ3n) is 4.86. The van der Waals surface area contributed by atoms with Crippen LogP contribution < -0.4 is 4.74 Å². The number of piperidine rings is 1. The van der Waals surface area contributed by atoms with Crippen molar-refractivity contribution in [3.63, 3.8) is 0 Å². The van der Waals surface area contributed by atoms with Gasteiger partial charge in [-0.15, -0.1) is 0 Å². The predicted molar refractivity (Wildman–Crippen MR) is 91.2 cm³/mol. The Morgan fingerprint density at radius 1 is 1.14 bits per heavy atom. The molecule has 2 heterocycles. The number of rotatable bonds is 6. The van der Waals surface area contributed by atoms with Gasteiger partial charge in [0.25, 0.3) is 0 Å². The minimum Gasteiger partial charge on any atom is -0.489 e. The van der Waals surface area contributed by atoms with Crippen LogP contribution in [0.2, 0.25) is 0 Å². The third-order valence-corrected chi connectivity index (χ3v) is 4.86. The highest BCUT2D eigenvalue weighted by Crippen LogP contribution is 2.24. The molecular weight excluding hydrogens is 272 g/mol. The van der Waals surface area contributed by atoms with Crippen LogP contribution in [0.1, 0.15) is 31.2 Å². The number of hydrogen-bond donors (Lipinski definition) is 0. The van der Waals surface area contributed by atoms with E-state index in [-0.39, 0.29) is 0 Å². The lowest BCUT2D eigenvalue weighted by molar-refractivity contribution is 0.110. The summed E-state index contributed by atoms with van der Waals surface area (Å²) >= 11 is 0. The van der Waals surface area contributed by atoms with Crippen molar-refractivity contribution in [2.45, 2.75) is 38.3 Å². The van der Waals surface area contributed by atoms with E-state index in [1.807, 2.05) is 6.07 Å². The van der Waals surface area contributed by atoms with Gasteiger partial charge in [-0.3, -0.25) is 9.80 Å². The van der Waals surface area contributed by atoms with E-state index >= 15 is 0 Å². The summed E-state index contributed by atoms with van der Waals surface area (Å²) in [5.74, 6) is 1.01. The maximum absolute atomic E-state index is 5.80. The normalized spacial score (nSPS) is 23.5. The Labute approximate surface area is 134 Å². The van der Waals surface area contributed by atoms with Gasteiger partial charge < -0.3 is 4.74 Å². The largest absolute Gasteiger partial charge is 0.489 e. The van der Waals surface area contributed by atoms with E-state index in [4.69, 9.17) is 4.74 Å². The molecule has 1 atom stereocenters. The van der Waals surface area contributed by atoms with Gasteiger partial charge in [0.15, 0.2) is 0 Å². The molecule has 0 aliphatic carbocycles. The Kier molecular flexibility index (Phi) is 5.52. The minimum absolute atomic E-state index is 0.577. The van der Waals surface area contributed by atoms with Crippen LogP contribution in [-0.2, 0) is 6.54 Å². The molecule has 0 bridgehead atoms. The summed E-state index contributed by atoms with van der Waals surface area (Å²) in [5, 5.41) is 0. The molecule has 0 unspecified atom stereocenters. The van der Waals surface area contributed by atoms with Gasteiger partial charge in [-0.1, -0.05) is 30.9 Å². The zero-order valence-electron chi connectivity index (χ0n) is 13.5. The Bertz CT molecular complexity index is 482. The lowest BCUT2D eigenvalue weighted by Crippen LogP contribution is -2.46. The van der Waals surface area contributed by atoms with Gasteiger partial charge in [-0.2, -0.15) is 0 Å². The standard InChI is InChI=1S/C19H28N2O/c1-2-14-22-19-10-4-3-8-17(19)15-20-11-7-9-18(16-20)21-12-5-6-13-21/h2-4,8,10,18H,1,5-7,9,11-16H2/t18-/m0/s1. The monoisotopic (exact) mass is 300 g/mol. The zero-order valence-corrected chi connectivity index (χ0v) is 13.5. The van der Waals surface area contributed by atoms with E-state index in [1.54, 1.807) is 6.08 Å². The molecule has 3 nitrogen and oxygen atoms in total. The van der Waals surface area contributed by atoms with Crippen LogP contribution in [0.4, 0.5) is 0 Å².